The number of nitrogens with zero attached hydrogens (tertiary/aromatic N) is 2. The van der Waals surface area contributed by atoms with E-state index in [-0.39, 0.29) is 0 Å². The van der Waals surface area contributed by atoms with E-state index >= 15 is 0 Å². The zero-order chi connectivity index (χ0) is 15.4. The van der Waals surface area contributed by atoms with Gasteiger partial charge in [-0.2, -0.15) is 0 Å². The van der Waals surface area contributed by atoms with E-state index in [0.717, 1.165) is 30.5 Å². The van der Waals surface area contributed by atoms with E-state index in [0.29, 0.717) is 6.04 Å². The van der Waals surface area contributed by atoms with E-state index in [1.807, 2.05) is 0 Å². The van der Waals surface area contributed by atoms with Crippen LogP contribution in [0.4, 0.5) is 0 Å². The van der Waals surface area contributed by atoms with Gasteiger partial charge in [0.15, 0.2) is 0 Å². The summed E-state index contributed by atoms with van der Waals surface area (Å²) < 4.78 is 0. The van der Waals surface area contributed by atoms with Crippen molar-refractivity contribution in [1.29, 1.82) is 0 Å². The summed E-state index contributed by atoms with van der Waals surface area (Å²) in [4.78, 5) is 7.14. The molecule has 1 atom stereocenters. The Morgan fingerprint density at radius 3 is 2.57 bits per heavy atom. The lowest BCUT2D eigenvalue weighted by Gasteiger charge is -2.25. The SMILES string of the molecule is Cc1cc(C)c(C(C)NCCN(C)C2CCCC2)c(C)n1. The van der Waals surface area contributed by atoms with Crippen LogP contribution < -0.4 is 5.32 Å². The first-order chi connectivity index (χ1) is 9.99. The van der Waals surface area contributed by atoms with E-state index in [1.165, 1.54) is 36.8 Å². The van der Waals surface area contributed by atoms with Crippen LogP contribution in [0, 0.1) is 20.8 Å². The second-order valence-corrected chi connectivity index (χ2v) is 6.67. The maximum atomic E-state index is 4.61. The van der Waals surface area contributed by atoms with Crippen LogP contribution in [-0.4, -0.2) is 36.1 Å². The zero-order valence-electron chi connectivity index (χ0n) is 14.4. The monoisotopic (exact) mass is 289 g/mol. The van der Waals surface area contributed by atoms with Crippen molar-refractivity contribution in [1.82, 2.24) is 15.2 Å². The van der Waals surface area contributed by atoms with Crippen molar-refractivity contribution in [3.8, 4) is 0 Å². The van der Waals surface area contributed by atoms with Crippen molar-refractivity contribution >= 4 is 0 Å². The summed E-state index contributed by atoms with van der Waals surface area (Å²) in [6.07, 6.45) is 5.58. The summed E-state index contributed by atoms with van der Waals surface area (Å²) in [5.41, 5.74) is 4.99. The Kier molecular flexibility index (Phi) is 5.77. The molecule has 0 spiro atoms. The minimum Gasteiger partial charge on any atom is -0.309 e. The fourth-order valence-corrected chi connectivity index (χ4v) is 3.78. The van der Waals surface area contributed by atoms with Crippen molar-refractivity contribution < 1.29 is 0 Å². The van der Waals surface area contributed by atoms with Gasteiger partial charge in [-0.3, -0.25) is 4.98 Å². The van der Waals surface area contributed by atoms with E-state index in [2.05, 4.69) is 56.0 Å². The van der Waals surface area contributed by atoms with Crippen LogP contribution in [0.5, 0.6) is 0 Å². The van der Waals surface area contributed by atoms with Gasteiger partial charge in [0.2, 0.25) is 0 Å². The lowest BCUT2D eigenvalue weighted by Crippen LogP contribution is -2.36. The fourth-order valence-electron chi connectivity index (χ4n) is 3.78. The van der Waals surface area contributed by atoms with Crippen LogP contribution in [0.25, 0.3) is 0 Å². The number of pyridine rings is 1. The lowest BCUT2D eigenvalue weighted by atomic mass is 10.0. The Morgan fingerprint density at radius 1 is 1.29 bits per heavy atom. The largest absolute Gasteiger partial charge is 0.309 e. The van der Waals surface area contributed by atoms with Gasteiger partial charge in [0.05, 0.1) is 0 Å². The highest BCUT2D eigenvalue weighted by Crippen LogP contribution is 2.23. The third-order valence-corrected chi connectivity index (χ3v) is 4.88. The summed E-state index contributed by atoms with van der Waals surface area (Å²) in [6.45, 7) is 10.8. The molecule has 3 heteroatoms. The first-order valence-electron chi connectivity index (χ1n) is 8.37. The average Bonchev–Trinajstić information content (AvgIpc) is 2.91. The van der Waals surface area contributed by atoms with Gasteiger partial charge in [-0.1, -0.05) is 12.8 Å². The summed E-state index contributed by atoms with van der Waals surface area (Å²) in [5.74, 6) is 0. The number of nitrogens with one attached hydrogen (secondary N) is 1. The first-order valence-corrected chi connectivity index (χ1v) is 8.37. The molecule has 1 aliphatic carbocycles. The fraction of sp³-hybridized carbons (Fsp3) is 0.722. The molecule has 1 aromatic rings. The van der Waals surface area contributed by atoms with Gasteiger partial charge < -0.3 is 10.2 Å². The molecule has 21 heavy (non-hydrogen) atoms. The first kappa shape index (κ1) is 16.4. The Hall–Kier alpha value is -0.930. The molecule has 1 heterocycles. The van der Waals surface area contributed by atoms with Crippen LogP contribution in [0.2, 0.25) is 0 Å². The van der Waals surface area contributed by atoms with Crippen LogP contribution in [-0.2, 0) is 0 Å². The lowest BCUT2D eigenvalue weighted by molar-refractivity contribution is 0.243. The molecular weight excluding hydrogens is 258 g/mol. The molecule has 1 aromatic heterocycles. The van der Waals surface area contributed by atoms with Crippen molar-refractivity contribution in [2.24, 2.45) is 0 Å². The molecule has 1 fully saturated rings. The van der Waals surface area contributed by atoms with Gasteiger partial charge in [-0.15, -0.1) is 0 Å². The molecule has 2 rings (SSSR count). The third-order valence-electron chi connectivity index (χ3n) is 4.88. The third kappa shape index (κ3) is 4.27. The molecule has 0 bridgehead atoms. The summed E-state index contributed by atoms with van der Waals surface area (Å²) in [6, 6.07) is 3.37. The smallest absolute Gasteiger partial charge is 0.0426 e. The molecule has 0 radical (unpaired) electrons. The normalized spacial score (nSPS) is 17.6. The number of hydrogen-bond donors (Lipinski definition) is 1. The minimum atomic E-state index is 0.370. The number of rotatable bonds is 6. The van der Waals surface area contributed by atoms with Crippen LogP contribution in [0.3, 0.4) is 0 Å². The maximum absolute atomic E-state index is 4.61. The van der Waals surface area contributed by atoms with Crippen LogP contribution in [0.15, 0.2) is 6.07 Å². The van der Waals surface area contributed by atoms with Gasteiger partial charge in [-0.25, -0.2) is 0 Å². The predicted octanol–water partition coefficient (Wildman–Crippen LogP) is 3.53. The van der Waals surface area contributed by atoms with Crippen LogP contribution in [0.1, 0.15) is 61.2 Å². The summed E-state index contributed by atoms with van der Waals surface area (Å²) in [5, 5.41) is 3.67. The van der Waals surface area contributed by atoms with Crippen molar-refractivity contribution in [2.45, 2.75) is 65.5 Å². The molecule has 1 N–H and O–H groups in total. The summed E-state index contributed by atoms with van der Waals surface area (Å²) >= 11 is 0. The molecule has 0 saturated heterocycles. The topological polar surface area (TPSA) is 28.2 Å². The second kappa shape index (κ2) is 7.37. The van der Waals surface area contributed by atoms with Gasteiger partial charge in [-0.05, 0) is 64.8 Å². The quantitative estimate of drug-likeness (QED) is 0.868. The second-order valence-electron chi connectivity index (χ2n) is 6.67. The Bertz CT molecular complexity index is 441. The van der Waals surface area contributed by atoms with Crippen molar-refractivity contribution in [3.05, 3.63) is 28.6 Å². The molecule has 1 unspecified atom stereocenters. The van der Waals surface area contributed by atoms with Crippen molar-refractivity contribution in [3.63, 3.8) is 0 Å². The highest BCUT2D eigenvalue weighted by atomic mass is 15.1. The number of likely N-dealkylation sites (N-methyl/N-ethyl adjacent to an activating group) is 1. The van der Waals surface area contributed by atoms with Gasteiger partial charge in [0.1, 0.15) is 0 Å². The number of hydrogen-bond acceptors (Lipinski definition) is 3. The Balaban J connectivity index is 1.85. The molecule has 118 valence electrons. The number of aryl methyl sites for hydroxylation is 3. The van der Waals surface area contributed by atoms with E-state index in [4.69, 9.17) is 0 Å². The van der Waals surface area contributed by atoms with Gasteiger partial charge in [0, 0.05) is 36.6 Å². The maximum Gasteiger partial charge on any atom is 0.0426 e. The van der Waals surface area contributed by atoms with E-state index in [9.17, 15) is 0 Å². The molecule has 0 amide bonds. The highest BCUT2D eigenvalue weighted by molar-refractivity contribution is 5.33. The van der Waals surface area contributed by atoms with Gasteiger partial charge in [0.25, 0.3) is 0 Å². The van der Waals surface area contributed by atoms with E-state index < -0.39 is 0 Å². The molecule has 0 aromatic carbocycles. The highest BCUT2D eigenvalue weighted by Gasteiger charge is 2.19. The van der Waals surface area contributed by atoms with Gasteiger partial charge >= 0.3 is 0 Å². The zero-order valence-corrected chi connectivity index (χ0v) is 14.4. The molecule has 0 aliphatic heterocycles. The molecule has 1 aliphatic rings. The molecule has 1 saturated carbocycles. The Labute approximate surface area is 130 Å². The van der Waals surface area contributed by atoms with Crippen LogP contribution >= 0.6 is 0 Å². The Morgan fingerprint density at radius 2 is 1.95 bits per heavy atom. The predicted molar refractivity (Wildman–Crippen MR) is 89.8 cm³/mol. The molecular formula is C18H31N3. The van der Waals surface area contributed by atoms with Crippen molar-refractivity contribution in [2.75, 3.05) is 20.1 Å². The summed E-state index contributed by atoms with van der Waals surface area (Å²) in [7, 11) is 2.27. The standard InChI is InChI=1S/C18H31N3/c1-13-12-14(2)20-16(4)18(13)15(3)19-10-11-21(5)17-8-6-7-9-17/h12,15,17,19H,6-11H2,1-5H3. The molecule has 3 nitrogen and oxygen atoms in total. The average molecular weight is 289 g/mol. The minimum absolute atomic E-state index is 0.370. The number of aromatic nitrogens is 1. The van der Waals surface area contributed by atoms with E-state index in [1.54, 1.807) is 0 Å².